The van der Waals surface area contributed by atoms with E-state index in [4.69, 9.17) is 15.2 Å². The summed E-state index contributed by atoms with van der Waals surface area (Å²) in [6, 6.07) is 19.6. The summed E-state index contributed by atoms with van der Waals surface area (Å²) in [5, 5.41) is 19.3. The zero-order valence-electron chi connectivity index (χ0n) is 22.9. The number of ketones is 1. The molecule has 210 valence electrons. The number of anilines is 1. The molecule has 0 saturated heterocycles. The third-order valence-corrected chi connectivity index (χ3v) is 8.99. The largest absolute Gasteiger partial charge is 0.489 e. The number of benzene rings is 2. The first-order valence-corrected chi connectivity index (χ1v) is 14.8. The average molecular weight is 588 g/mol. The molecule has 0 fully saturated rings. The number of esters is 1. The molecule has 41 heavy (non-hydrogen) atoms. The van der Waals surface area contributed by atoms with Gasteiger partial charge in [-0.2, -0.15) is 5.26 Å². The van der Waals surface area contributed by atoms with Crippen LogP contribution < -0.4 is 15.4 Å². The Hall–Kier alpha value is -4.14. The topological polar surface area (TPSA) is 131 Å². The fraction of sp³-hybridized carbons (Fsp3) is 0.300. The van der Waals surface area contributed by atoms with Crippen LogP contribution in [0.5, 0.6) is 5.75 Å². The summed E-state index contributed by atoms with van der Waals surface area (Å²) in [6.07, 6.45) is 0.913. The lowest BCUT2D eigenvalue weighted by Gasteiger charge is -2.42. The number of ether oxygens (including phenoxy) is 2. The summed E-state index contributed by atoms with van der Waals surface area (Å²) in [5.74, 6) is -0.0277. The second-order valence-electron chi connectivity index (χ2n) is 10.5. The van der Waals surface area contributed by atoms with E-state index in [2.05, 4.69) is 16.3 Å². The Bertz CT molecular complexity index is 1570. The molecule has 0 saturated carbocycles. The number of carbonyl (C=O) groups is 2. The number of Topliss-reactive ketones (excluding diaryl/α,β-unsaturated/α-hetero) is 1. The Morgan fingerprint density at radius 1 is 1.17 bits per heavy atom. The molecule has 0 spiro atoms. The van der Waals surface area contributed by atoms with Crippen LogP contribution in [-0.4, -0.2) is 34.8 Å². The number of nitrogens with zero attached hydrogens (tertiary/aromatic N) is 4. The molecular formula is C30H29N5O4S2. The lowest BCUT2D eigenvalue weighted by Crippen LogP contribution is -2.42. The average Bonchev–Trinajstić information content (AvgIpc) is 3.42. The maximum Gasteiger partial charge on any atom is 0.316 e. The van der Waals surface area contributed by atoms with Gasteiger partial charge in [0.2, 0.25) is 5.13 Å². The molecule has 1 unspecified atom stereocenters. The van der Waals surface area contributed by atoms with Crippen molar-refractivity contribution < 1.29 is 19.1 Å². The number of methoxy groups -OCH3 is 1. The number of nitrogens with two attached hydrogens (primary N) is 1. The highest BCUT2D eigenvalue weighted by atomic mass is 32.2. The van der Waals surface area contributed by atoms with E-state index in [0.29, 0.717) is 40.2 Å². The normalized spacial score (nSPS) is 18.1. The quantitative estimate of drug-likeness (QED) is 0.273. The third-order valence-electron chi connectivity index (χ3n) is 6.97. The van der Waals surface area contributed by atoms with Crippen LogP contribution in [0.1, 0.15) is 43.7 Å². The van der Waals surface area contributed by atoms with Crippen LogP contribution in [0.15, 0.2) is 81.6 Å². The molecule has 1 atom stereocenters. The van der Waals surface area contributed by atoms with Gasteiger partial charge < -0.3 is 15.2 Å². The number of rotatable bonds is 8. The summed E-state index contributed by atoms with van der Waals surface area (Å²) in [4.78, 5) is 27.0. The van der Waals surface area contributed by atoms with Gasteiger partial charge >= 0.3 is 5.97 Å². The highest BCUT2D eigenvalue weighted by Gasteiger charge is 2.45. The van der Waals surface area contributed by atoms with Crippen LogP contribution >= 0.6 is 23.1 Å². The minimum absolute atomic E-state index is 0.0271. The lowest BCUT2D eigenvalue weighted by molar-refractivity contribution is -0.137. The standard InChI is InChI=1S/C30H29N5O4S2/c1-30(2)13-22-26(23(36)14-30)25(19-9-11-20(12-10-19)39-16-18-7-5-4-6-8-18)21(15-31)27(32)35(22)28-33-34-29(41-28)40-17-24(37)38-3/h4-12,25H,13-14,16-17,32H2,1-3H3. The van der Waals surface area contributed by atoms with Crippen molar-refractivity contribution in [3.8, 4) is 11.8 Å². The highest BCUT2D eigenvalue weighted by molar-refractivity contribution is 8.01. The van der Waals surface area contributed by atoms with E-state index in [-0.39, 0.29) is 34.3 Å². The van der Waals surface area contributed by atoms with Crippen LogP contribution in [0, 0.1) is 16.7 Å². The molecule has 11 heteroatoms. The number of aromatic nitrogens is 2. The first kappa shape index (κ1) is 28.4. The minimum Gasteiger partial charge on any atom is -0.489 e. The van der Waals surface area contributed by atoms with Crippen molar-refractivity contribution in [3.05, 3.63) is 88.4 Å². The molecule has 2 aliphatic rings. The fourth-order valence-corrected chi connectivity index (χ4v) is 6.80. The molecule has 2 heterocycles. The Morgan fingerprint density at radius 3 is 2.59 bits per heavy atom. The molecule has 1 aliphatic carbocycles. The van der Waals surface area contributed by atoms with Crippen molar-refractivity contribution in [2.24, 2.45) is 11.1 Å². The highest BCUT2D eigenvalue weighted by Crippen LogP contribution is 2.50. The van der Waals surface area contributed by atoms with Crippen LogP contribution in [0.2, 0.25) is 0 Å². The van der Waals surface area contributed by atoms with Gasteiger partial charge in [-0.15, -0.1) is 10.2 Å². The van der Waals surface area contributed by atoms with Gasteiger partial charge in [-0.05, 0) is 35.1 Å². The van der Waals surface area contributed by atoms with Crippen molar-refractivity contribution >= 4 is 40.0 Å². The molecule has 1 aliphatic heterocycles. The van der Waals surface area contributed by atoms with E-state index in [1.165, 1.54) is 30.2 Å². The first-order valence-electron chi connectivity index (χ1n) is 13.0. The predicted molar refractivity (Wildman–Crippen MR) is 157 cm³/mol. The zero-order valence-corrected chi connectivity index (χ0v) is 24.6. The van der Waals surface area contributed by atoms with Crippen molar-refractivity contribution in [1.29, 1.82) is 5.26 Å². The molecule has 3 aromatic rings. The summed E-state index contributed by atoms with van der Waals surface area (Å²) < 4.78 is 11.2. The van der Waals surface area contributed by atoms with Crippen LogP contribution in [-0.2, 0) is 20.9 Å². The zero-order chi connectivity index (χ0) is 29.1. The third kappa shape index (κ3) is 5.99. The van der Waals surface area contributed by atoms with Gasteiger partial charge in [0.05, 0.1) is 30.4 Å². The number of thioether (sulfide) groups is 1. The number of hydrogen-bond donors (Lipinski definition) is 1. The molecule has 1 aromatic heterocycles. The van der Waals surface area contributed by atoms with Crippen LogP contribution in [0.4, 0.5) is 5.13 Å². The van der Waals surface area contributed by atoms with Gasteiger partial charge in [0.15, 0.2) is 10.1 Å². The second-order valence-corrected chi connectivity index (χ2v) is 12.7. The fourth-order valence-electron chi connectivity index (χ4n) is 5.09. The minimum atomic E-state index is -0.612. The lowest BCUT2D eigenvalue weighted by atomic mass is 9.68. The number of hydrogen-bond acceptors (Lipinski definition) is 11. The van der Waals surface area contributed by atoms with Gasteiger partial charge in [0.25, 0.3) is 0 Å². The molecular weight excluding hydrogens is 558 g/mol. The second kappa shape index (κ2) is 11.8. The molecule has 5 rings (SSSR count). The smallest absolute Gasteiger partial charge is 0.316 e. The van der Waals surface area contributed by atoms with Gasteiger partial charge in [0.1, 0.15) is 18.2 Å². The van der Waals surface area contributed by atoms with E-state index >= 15 is 0 Å². The summed E-state index contributed by atoms with van der Waals surface area (Å²) in [7, 11) is 1.33. The van der Waals surface area contributed by atoms with E-state index in [0.717, 1.165) is 16.8 Å². The number of nitriles is 1. The number of carbonyl (C=O) groups excluding carboxylic acids is 2. The predicted octanol–water partition coefficient (Wildman–Crippen LogP) is 5.32. The van der Waals surface area contributed by atoms with E-state index < -0.39 is 5.92 Å². The van der Waals surface area contributed by atoms with E-state index in [9.17, 15) is 14.9 Å². The van der Waals surface area contributed by atoms with Crippen molar-refractivity contribution in [1.82, 2.24) is 10.2 Å². The molecule has 9 nitrogen and oxygen atoms in total. The first-order chi connectivity index (χ1) is 19.7. The summed E-state index contributed by atoms with van der Waals surface area (Å²) in [6.45, 7) is 4.51. The Labute approximate surface area is 246 Å². The maximum absolute atomic E-state index is 13.7. The molecule has 2 N–H and O–H groups in total. The maximum atomic E-state index is 13.7. The Morgan fingerprint density at radius 2 is 1.90 bits per heavy atom. The van der Waals surface area contributed by atoms with Crippen LogP contribution in [0.3, 0.4) is 0 Å². The van der Waals surface area contributed by atoms with Crippen molar-refractivity contribution in [3.63, 3.8) is 0 Å². The summed E-state index contributed by atoms with van der Waals surface area (Å²) in [5.41, 5.74) is 9.76. The molecule has 2 aromatic carbocycles. The molecule has 0 radical (unpaired) electrons. The van der Waals surface area contributed by atoms with Gasteiger partial charge in [-0.1, -0.05) is 79.4 Å². The Kier molecular flexibility index (Phi) is 8.15. The SMILES string of the molecule is COC(=O)CSc1nnc(N2C(N)=C(C#N)C(c3ccc(OCc4ccccc4)cc3)C3=C2CC(C)(C)CC3=O)s1. The summed E-state index contributed by atoms with van der Waals surface area (Å²) >= 11 is 2.44. The molecule has 0 bridgehead atoms. The van der Waals surface area contributed by atoms with Gasteiger partial charge in [-0.3, -0.25) is 14.5 Å². The van der Waals surface area contributed by atoms with Crippen molar-refractivity contribution in [2.75, 3.05) is 17.8 Å². The van der Waals surface area contributed by atoms with Gasteiger partial charge in [0, 0.05) is 17.7 Å². The monoisotopic (exact) mass is 587 g/mol. The van der Waals surface area contributed by atoms with Crippen molar-refractivity contribution in [2.45, 2.75) is 43.6 Å². The molecule has 0 amide bonds. The van der Waals surface area contributed by atoms with E-state index in [1.54, 1.807) is 4.90 Å². The van der Waals surface area contributed by atoms with Gasteiger partial charge in [-0.25, -0.2) is 0 Å². The van der Waals surface area contributed by atoms with Crippen LogP contribution in [0.25, 0.3) is 0 Å². The van der Waals surface area contributed by atoms with E-state index in [1.807, 2.05) is 68.4 Å². The Balaban J connectivity index is 1.51. The number of allylic oxidation sites excluding steroid dienone is 3.